The van der Waals surface area contributed by atoms with Gasteiger partial charge in [0.05, 0.1) is 21.1 Å². The quantitative estimate of drug-likeness (QED) is 0.769. The predicted molar refractivity (Wildman–Crippen MR) is 78.1 cm³/mol. The van der Waals surface area contributed by atoms with E-state index < -0.39 is 0 Å². The van der Waals surface area contributed by atoms with Crippen LogP contribution in [0, 0.1) is 0 Å². The van der Waals surface area contributed by atoms with Crippen molar-refractivity contribution in [3.05, 3.63) is 40.0 Å². The third-order valence-electron chi connectivity index (χ3n) is 2.75. The molecule has 2 aromatic rings. The smallest absolute Gasteiger partial charge is 0.153 e. The molecule has 0 atom stereocenters. The summed E-state index contributed by atoms with van der Waals surface area (Å²) in [6.07, 6.45) is 2.54. The lowest BCUT2D eigenvalue weighted by molar-refractivity contribution is 0.112. The van der Waals surface area contributed by atoms with E-state index in [0.717, 1.165) is 11.8 Å². The average molecular weight is 297 g/mol. The summed E-state index contributed by atoms with van der Waals surface area (Å²) >= 11 is 11.9. The molecular formula is C14H14Cl2N2O. The molecule has 19 heavy (non-hydrogen) atoms. The molecule has 0 saturated heterocycles. The summed E-state index contributed by atoms with van der Waals surface area (Å²) < 4.78 is 1.77. The van der Waals surface area contributed by atoms with Crippen LogP contribution in [0.15, 0.2) is 24.4 Å². The molecule has 3 nitrogen and oxygen atoms in total. The SMILES string of the molecule is CC(C)(C)n1cc(C=O)c(-c2ccc(Cl)c(Cl)c2)n1. The van der Waals surface area contributed by atoms with E-state index in [-0.39, 0.29) is 5.54 Å². The summed E-state index contributed by atoms with van der Waals surface area (Å²) in [7, 11) is 0. The fourth-order valence-corrected chi connectivity index (χ4v) is 1.98. The molecule has 1 aromatic heterocycles. The average Bonchev–Trinajstić information content (AvgIpc) is 2.76. The second kappa shape index (κ2) is 4.99. The van der Waals surface area contributed by atoms with Gasteiger partial charge in [-0.1, -0.05) is 29.3 Å². The van der Waals surface area contributed by atoms with Crippen molar-refractivity contribution >= 4 is 29.5 Å². The first-order valence-corrected chi connectivity index (χ1v) is 6.59. The van der Waals surface area contributed by atoms with Crippen molar-refractivity contribution < 1.29 is 4.79 Å². The zero-order chi connectivity index (χ0) is 14.2. The Morgan fingerprint density at radius 3 is 2.42 bits per heavy atom. The molecule has 100 valence electrons. The molecule has 0 N–H and O–H groups in total. The lowest BCUT2D eigenvalue weighted by Crippen LogP contribution is -2.22. The Bertz CT molecular complexity index is 627. The molecule has 0 spiro atoms. The van der Waals surface area contributed by atoms with E-state index in [4.69, 9.17) is 23.2 Å². The Hall–Kier alpha value is -1.32. The number of hydrogen-bond donors (Lipinski definition) is 0. The van der Waals surface area contributed by atoms with Crippen LogP contribution in [-0.4, -0.2) is 16.1 Å². The van der Waals surface area contributed by atoms with E-state index in [1.165, 1.54) is 0 Å². The largest absolute Gasteiger partial charge is 0.298 e. The first-order valence-electron chi connectivity index (χ1n) is 5.83. The maximum absolute atomic E-state index is 11.2. The van der Waals surface area contributed by atoms with Crippen LogP contribution in [0.2, 0.25) is 10.0 Å². The number of hydrogen-bond acceptors (Lipinski definition) is 2. The third kappa shape index (κ3) is 2.82. The van der Waals surface area contributed by atoms with Crippen molar-refractivity contribution in [1.29, 1.82) is 0 Å². The van der Waals surface area contributed by atoms with Crippen LogP contribution >= 0.6 is 23.2 Å². The number of carbonyl (C=O) groups is 1. The van der Waals surface area contributed by atoms with Crippen molar-refractivity contribution in [3.63, 3.8) is 0 Å². The maximum atomic E-state index is 11.2. The first-order chi connectivity index (χ1) is 8.82. The van der Waals surface area contributed by atoms with Crippen LogP contribution in [0.3, 0.4) is 0 Å². The van der Waals surface area contributed by atoms with Crippen molar-refractivity contribution in [3.8, 4) is 11.3 Å². The molecule has 0 saturated carbocycles. The maximum Gasteiger partial charge on any atom is 0.153 e. The summed E-state index contributed by atoms with van der Waals surface area (Å²) in [6, 6.07) is 5.21. The van der Waals surface area contributed by atoms with Gasteiger partial charge in [-0.25, -0.2) is 0 Å². The Morgan fingerprint density at radius 1 is 1.21 bits per heavy atom. The number of aldehydes is 1. The second-order valence-electron chi connectivity index (χ2n) is 5.30. The summed E-state index contributed by atoms with van der Waals surface area (Å²) in [5.74, 6) is 0. The highest BCUT2D eigenvalue weighted by molar-refractivity contribution is 6.42. The van der Waals surface area contributed by atoms with Gasteiger partial charge >= 0.3 is 0 Å². The molecule has 0 fully saturated rings. The Balaban J connectivity index is 2.58. The van der Waals surface area contributed by atoms with Crippen molar-refractivity contribution in [2.75, 3.05) is 0 Å². The Kier molecular flexibility index (Phi) is 3.70. The minimum Gasteiger partial charge on any atom is -0.298 e. The van der Waals surface area contributed by atoms with Gasteiger partial charge in [-0.05, 0) is 32.9 Å². The summed E-state index contributed by atoms with van der Waals surface area (Å²) in [6.45, 7) is 6.06. The van der Waals surface area contributed by atoms with Gasteiger partial charge in [0.25, 0.3) is 0 Å². The van der Waals surface area contributed by atoms with Gasteiger partial charge in [0.2, 0.25) is 0 Å². The molecule has 1 heterocycles. The van der Waals surface area contributed by atoms with Crippen LogP contribution in [0.5, 0.6) is 0 Å². The first kappa shape index (κ1) is 14.1. The normalized spacial score (nSPS) is 11.6. The zero-order valence-corrected chi connectivity index (χ0v) is 12.5. The highest BCUT2D eigenvalue weighted by Crippen LogP contribution is 2.30. The van der Waals surface area contributed by atoms with E-state index in [2.05, 4.69) is 5.10 Å². The lowest BCUT2D eigenvalue weighted by Gasteiger charge is -2.18. The van der Waals surface area contributed by atoms with Gasteiger partial charge in [0, 0.05) is 11.8 Å². The molecule has 0 amide bonds. The van der Waals surface area contributed by atoms with Crippen LogP contribution < -0.4 is 0 Å². The predicted octanol–water partition coefficient (Wildman–Crippen LogP) is 4.42. The van der Waals surface area contributed by atoms with Crippen molar-refractivity contribution in [2.45, 2.75) is 26.3 Å². The molecule has 2 rings (SSSR count). The van der Waals surface area contributed by atoms with Crippen LogP contribution in [0.4, 0.5) is 0 Å². The molecule has 0 aliphatic rings. The van der Waals surface area contributed by atoms with Gasteiger partial charge < -0.3 is 0 Å². The summed E-state index contributed by atoms with van der Waals surface area (Å²) in [5, 5.41) is 5.40. The highest BCUT2D eigenvalue weighted by Gasteiger charge is 2.19. The third-order valence-corrected chi connectivity index (χ3v) is 3.49. The van der Waals surface area contributed by atoms with E-state index in [1.54, 1.807) is 29.1 Å². The Morgan fingerprint density at radius 2 is 1.89 bits per heavy atom. The monoisotopic (exact) mass is 296 g/mol. The standard InChI is InChI=1S/C14H14Cl2N2O/c1-14(2,3)18-7-10(8-19)13(17-18)9-4-5-11(15)12(16)6-9/h4-8H,1-3H3. The topological polar surface area (TPSA) is 34.9 Å². The van der Waals surface area contributed by atoms with Crippen molar-refractivity contribution in [2.24, 2.45) is 0 Å². The molecule has 5 heteroatoms. The van der Waals surface area contributed by atoms with E-state index in [9.17, 15) is 4.79 Å². The molecular weight excluding hydrogens is 283 g/mol. The van der Waals surface area contributed by atoms with Gasteiger partial charge in [-0.15, -0.1) is 0 Å². The fraction of sp³-hybridized carbons (Fsp3) is 0.286. The number of carbonyl (C=O) groups excluding carboxylic acids is 1. The summed E-state index contributed by atoms with van der Waals surface area (Å²) in [4.78, 5) is 11.2. The fourth-order valence-electron chi connectivity index (χ4n) is 1.68. The highest BCUT2D eigenvalue weighted by atomic mass is 35.5. The number of rotatable bonds is 2. The Labute approximate surface area is 122 Å². The van der Waals surface area contributed by atoms with E-state index in [0.29, 0.717) is 21.3 Å². The van der Waals surface area contributed by atoms with Gasteiger partial charge in [-0.3, -0.25) is 9.48 Å². The van der Waals surface area contributed by atoms with Crippen LogP contribution in [0.25, 0.3) is 11.3 Å². The van der Waals surface area contributed by atoms with Gasteiger partial charge in [-0.2, -0.15) is 5.10 Å². The number of aromatic nitrogens is 2. The number of benzene rings is 1. The molecule has 1 aromatic carbocycles. The number of halogens is 2. The molecule has 0 aliphatic heterocycles. The van der Waals surface area contributed by atoms with Crippen molar-refractivity contribution in [1.82, 2.24) is 9.78 Å². The molecule has 0 bridgehead atoms. The second-order valence-corrected chi connectivity index (χ2v) is 6.11. The van der Waals surface area contributed by atoms with Gasteiger partial charge in [0.1, 0.15) is 5.69 Å². The molecule has 0 unspecified atom stereocenters. The minimum absolute atomic E-state index is 0.188. The summed E-state index contributed by atoms with van der Waals surface area (Å²) in [5.41, 5.74) is 1.74. The molecule has 0 aliphatic carbocycles. The lowest BCUT2D eigenvalue weighted by atomic mass is 10.1. The van der Waals surface area contributed by atoms with Gasteiger partial charge in [0.15, 0.2) is 6.29 Å². The number of nitrogens with zero attached hydrogens (tertiary/aromatic N) is 2. The van der Waals surface area contributed by atoms with E-state index >= 15 is 0 Å². The van der Waals surface area contributed by atoms with Crippen LogP contribution in [0.1, 0.15) is 31.1 Å². The van der Waals surface area contributed by atoms with Crippen LogP contribution in [-0.2, 0) is 5.54 Å². The zero-order valence-electron chi connectivity index (χ0n) is 10.9. The van der Waals surface area contributed by atoms with E-state index in [1.807, 2.05) is 20.8 Å². The molecule has 0 radical (unpaired) electrons. The minimum atomic E-state index is -0.188.